The molecule has 0 heterocycles. The number of allylic oxidation sites excluding steroid dienone is 1. The first kappa shape index (κ1) is 20.3. The summed E-state index contributed by atoms with van der Waals surface area (Å²) in [5.74, 6) is 0.448. The summed E-state index contributed by atoms with van der Waals surface area (Å²) in [6, 6.07) is 16.5. The molecule has 5 nitrogen and oxygen atoms in total. The third-order valence-corrected chi connectivity index (χ3v) is 4.51. The lowest BCUT2D eigenvalue weighted by Gasteiger charge is -2.12. The highest BCUT2D eigenvalue weighted by atomic mass is 35.5. The van der Waals surface area contributed by atoms with Gasteiger partial charge in [0.2, 0.25) is 0 Å². The molecule has 0 aromatic heterocycles. The number of carbonyl (C=O) groups excluding carboxylic acids is 1. The molecule has 3 rings (SSSR count). The molecule has 0 saturated carbocycles. The molecule has 0 aliphatic carbocycles. The third kappa shape index (κ3) is 5.09. The Morgan fingerprint density at radius 2 is 1.83 bits per heavy atom. The number of methoxy groups -OCH3 is 1. The second-order valence-corrected chi connectivity index (χ2v) is 6.60. The Kier molecular flexibility index (Phi) is 6.42. The number of phenols is 2. The minimum absolute atomic E-state index is 0.106. The standard InChI is InChI=1S/C23H19ClO5/c1-28-22-11-7-15(6-10-20(26)18-9-8-17(25)13-21(18)27)12-16(22)14-29-23-5-3-2-4-19(23)24/h2-13,25,27H,14H2,1H3/b10-6+. The summed E-state index contributed by atoms with van der Waals surface area (Å²) in [6.45, 7) is 0.237. The Morgan fingerprint density at radius 3 is 2.55 bits per heavy atom. The molecule has 0 bridgehead atoms. The highest BCUT2D eigenvalue weighted by molar-refractivity contribution is 6.32. The summed E-state index contributed by atoms with van der Waals surface area (Å²) in [5, 5.41) is 19.7. The highest BCUT2D eigenvalue weighted by Gasteiger charge is 2.10. The molecule has 0 atom stereocenters. The Balaban J connectivity index is 1.78. The van der Waals surface area contributed by atoms with Gasteiger partial charge in [0, 0.05) is 11.6 Å². The SMILES string of the molecule is COc1ccc(/C=C/C(=O)c2ccc(O)cc2O)cc1COc1ccccc1Cl. The second-order valence-electron chi connectivity index (χ2n) is 6.19. The first-order chi connectivity index (χ1) is 14.0. The molecule has 2 N–H and O–H groups in total. The van der Waals surface area contributed by atoms with E-state index in [1.807, 2.05) is 18.2 Å². The van der Waals surface area contributed by atoms with Crippen molar-refractivity contribution in [2.75, 3.05) is 7.11 Å². The lowest BCUT2D eigenvalue weighted by molar-refractivity contribution is 0.104. The van der Waals surface area contributed by atoms with Crippen LogP contribution in [0.5, 0.6) is 23.0 Å². The van der Waals surface area contributed by atoms with Crippen molar-refractivity contribution in [2.45, 2.75) is 6.61 Å². The molecule has 3 aromatic rings. The lowest BCUT2D eigenvalue weighted by atomic mass is 10.1. The first-order valence-electron chi connectivity index (χ1n) is 8.76. The number of phenolic OH excluding ortho intramolecular Hbond substituents is 2. The van der Waals surface area contributed by atoms with Gasteiger partial charge in [0.05, 0.1) is 17.7 Å². The van der Waals surface area contributed by atoms with Crippen LogP contribution in [0.3, 0.4) is 0 Å². The fraction of sp³-hybridized carbons (Fsp3) is 0.0870. The van der Waals surface area contributed by atoms with Crippen LogP contribution in [-0.2, 0) is 6.61 Å². The predicted molar refractivity (Wildman–Crippen MR) is 112 cm³/mol. The van der Waals surface area contributed by atoms with E-state index in [4.69, 9.17) is 21.1 Å². The van der Waals surface area contributed by atoms with Gasteiger partial charge in [-0.2, -0.15) is 0 Å². The maximum atomic E-state index is 12.3. The molecule has 6 heteroatoms. The Labute approximate surface area is 173 Å². The van der Waals surface area contributed by atoms with E-state index in [1.54, 1.807) is 37.5 Å². The molecule has 0 spiro atoms. The fourth-order valence-corrected chi connectivity index (χ4v) is 2.91. The molecular weight excluding hydrogens is 392 g/mol. The monoisotopic (exact) mass is 410 g/mol. The molecule has 29 heavy (non-hydrogen) atoms. The summed E-state index contributed by atoms with van der Waals surface area (Å²) in [4.78, 5) is 12.3. The Hall–Kier alpha value is -3.44. The number of aromatic hydroxyl groups is 2. The molecular formula is C23H19ClO5. The van der Waals surface area contributed by atoms with Crippen LogP contribution in [0, 0.1) is 0 Å². The van der Waals surface area contributed by atoms with Crippen molar-refractivity contribution in [3.63, 3.8) is 0 Å². The van der Waals surface area contributed by atoms with Crippen LogP contribution < -0.4 is 9.47 Å². The number of rotatable bonds is 7. The second kappa shape index (κ2) is 9.17. The number of hydrogen-bond acceptors (Lipinski definition) is 5. The molecule has 0 aliphatic heterocycles. The number of hydrogen-bond donors (Lipinski definition) is 2. The molecule has 148 valence electrons. The summed E-state index contributed by atoms with van der Waals surface area (Å²) >= 11 is 6.12. The molecule has 3 aromatic carbocycles. The van der Waals surface area contributed by atoms with Gasteiger partial charge in [0.15, 0.2) is 5.78 Å². The van der Waals surface area contributed by atoms with Crippen molar-refractivity contribution >= 4 is 23.5 Å². The van der Waals surface area contributed by atoms with Gasteiger partial charge in [-0.25, -0.2) is 0 Å². The van der Waals surface area contributed by atoms with E-state index < -0.39 is 0 Å². The molecule has 0 amide bonds. The van der Waals surface area contributed by atoms with Crippen molar-refractivity contribution in [1.82, 2.24) is 0 Å². The van der Waals surface area contributed by atoms with Crippen molar-refractivity contribution < 1.29 is 24.5 Å². The molecule has 0 saturated heterocycles. The first-order valence-corrected chi connectivity index (χ1v) is 9.14. The maximum Gasteiger partial charge on any atom is 0.189 e. The number of ketones is 1. The third-order valence-electron chi connectivity index (χ3n) is 4.20. The molecule has 0 radical (unpaired) electrons. The van der Waals surface area contributed by atoms with E-state index >= 15 is 0 Å². The van der Waals surface area contributed by atoms with Gasteiger partial charge in [-0.05, 0) is 48.0 Å². The summed E-state index contributed by atoms with van der Waals surface area (Å²) < 4.78 is 11.2. The average Bonchev–Trinajstić information content (AvgIpc) is 2.71. The largest absolute Gasteiger partial charge is 0.508 e. The minimum Gasteiger partial charge on any atom is -0.508 e. The Morgan fingerprint density at radius 1 is 1.03 bits per heavy atom. The van der Waals surface area contributed by atoms with Crippen LogP contribution in [0.4, 0.5) is 0 Å². The number of benzene rings is 3. The van der Waals surface area contributed by atoms with Gasteiger partial charge in [-0.1, -0.05) is 35.9 Å². The van der Waals surface area contributed by atoms with E-state index in [0.717, 1.165) is 17.2 Å². The van der Waals surface area contributed by atoms with Crippen LogP contribution >= 0.6 is 11.6 Å². The van der Waals surface area contributed by atoms with E-state index in [9.17, 15) is 15.0 Å². The quantitative estimate of drug-likeness (QED) is 0.411. The fourth-order valence-electron chi connectivity index (χ4n) is 2.72. The van der Waals surface area contributed by atoms with Crippen LogP contribution in [0.2, 0.25) is 5.02 Å². The maximum absolute atomic E-state index is 12.3. The van der Waals surface area contributed by atoms with Crippen molar-refractivity contribution in [2.24, 2.45) is 0 Å². The molecule has 0 fully saturated rings. The zero-order valence-corrected chi connectivity index (χ0v) is 16.4. The number of halogens is 1. The molecule has 0 aliphatic rings. The average molecular weight is 411 g/mol. The summed E-state index contributed by atoms with van der Waals surface area (Å²) in [5.41, 5.74) is 1.65. The van der Waals surface area contributed by atoms with Gasteiger partial charge in [-0.15, -0.1) is 0 Å². The predicted octanol–water partition coefficient (Wildman–Crippen LogP) is 5.23. The van der Waals surface area contributed by atoms with Crippen molar-refractivity contribution in [3.05, 3.63) is 88.5 Å². The van der Waals surface area contributed by atoms with Gasteiger partial charge < -0.3 is 19.7 Å². The summed E-state index contributed by atoms with van der Waals surface area (Å²) in [7, 11) is 1.57. The van der Waals surface area contributed by atoms with Crippen LogP contribution in [-0.4, -0.2) is 23.1 Å². The van der Waals surface area contributed by atoms with E-state index in [2.05, 4.69) is 0 Å². The normalized spacial score (nSPS) is 10.8. The number of ether oxygens (including phenoxy) is 2. The lowest BCUT2D eigenvalue weighted by Crippen LogP contribution is -2.00. The van der Waals surface area contributed by atoms with Gasteiger partial charge in [-0.3, -0.25) is 4.79 Å². The zero-order chi connectivity index (χ0) is 20.8. The van der Waals surface area contributed by atoms with Crippen LogP contribution in [0.25, 0.3) is 6.08 Å². The van der Waals surface area contributed by atoms with Gasteiger partial charge >= 0.3 is 0 Å². The van der Waals surface area contributed by atoms with Crippen LogP contribution in [0.15, 0.2) is 66.7 Å². The minimum atomic E-state index is -0.382. The number of carbonyl (C=O) groups is 1. The molecule has 0 unspecified atom stereocenters. The van der Waals surface area contributed by atoms with E-state index in [0.29, 0.717) is 16.5 Å². The number of para-hydroxylation sites is 1. The van der Waals surface area contributed by atoms with E-state index in [-0.39, 0.29) is 29.5 Å². The summed E-state index contributed by atoms with van der Waals surface area (Å²) in [6.07, 6.45) is 2.99. The topological polar surface area (TPSA) is 76.0 Å². The highest BCUT2D eigenvalue weighted by Crippen LogP contribution is 2.27. The Bertz CT molecular complexity index is 1060. The van der Waals surface area contributed by atoms with Crippen LogP contribution in [0.1, 0.15) is 21.5 Å². The van der Waals surface area contributed by atoms with Gasteiger partial charge in [0.25, 0.3) is 0 Å². The van der Waals surface area contributed by atoms with Crippen molar-refractivity contribution in [1.29, 1.82) is 0 Å². The van der Waals surface area contributed by atoms with Crippen molar-refractivity contribution in [3.8, 4) is 23.0 Å². The zero-order valence-electron chi connectivity index (χ0n) is 15.6. The van der Waals surface area contributed by atoms with E-state index in [1.165, 1.54) is 18.2 Å². The van der Waals surface area contributed by atoms with Gasteiger partial charge in [0.1, 0.15) is 29.6 Å². The smallest absolute Gasteiger partial charge is 0.189 e.